The lowest BCUT2D eigenvalue weighted by Crippen LogP contribution is -2.13. The molecule has 0 unspecified atom stereocenters. The van der Waals surface area contributed by atoms with Gasteiger partial charge in [0.2, 0.25) is 0 Å². The van der Waals surface area contributed by atoms with Gasteiger partial charge in [-0.2, -0.15) is 5.10 Å². The third-order valence-corrected chi connectivity index (χ3v) is 4.94. The number of nitrogens with zero attached hydrogens (tertiary/aromatic N) is 3. The Morgan fingerprint density at radius 2 is 1.93 bits per heavy atom. The number of anilines is 1. The Bertz CT molecular complexity index is 1390. The van der Waals surface area contributed by atoms with E-state index in [1.165, 1.54) is 0 Å². The molecule has 5 rings (SSSR count). The number of amides is 1. The molecule has 2 aromatic carbocycles. The second-order valence-corrected chi connectivity index (χ2v) is 8.27. The van der Waals surface area contributed by atoms with Gasteiger partial charge in [-0.25, -0.2) is 4.98 Å². The maximum Gasteiger partial charge on any atom is 0.277 e. The quantitative estimate of drug-likeness (QED) is 0.408. The summed E-state index contributed by atoms with van der Waals surface area (Å²) in [6.07, 6.45) is 1.78. The third-order valence-electron chi connectivity index (χ3n) is 4.94. The van der Waals surface area contributed by atoms with E-state index in [1.807, 2.05) is 57.2 Å². The second-order valence-electron chi connectivity index (χ2n) is 8.27. The monoisotopic (exact) mass is 400 g/mol. The van der Waals surface area contributed by atoms with Crippen molar-refractivity contribution in [2.24, 2.45) is 0 Å². The average molecular weight is 400 g/mol. The molecule has 0 atom stereocenters. The summed E-state index contributed by atoms with van der Waals surface area (Å²) in [4.78, 5) is 20.5. The molecule has 0 saturated carbocycles. The average Bonchev–Trinajstić information content (AvgIpc) is 3.44. The summed E-state index contributed by atoms with van der Waals surface area (Å²) in [5.41, 5.74) is 4.21. The van der Waals surface area contributed by atoms with E-state index in [2.05, 4.69) is 30.6 Å². The van der Waals surface area contributed by atoms with Crippen molar-refractivity contribution < 1.29 is 9.32 Å². The molecule has 150 valence electrons. The van der Waals surface area contributed by atoms with Crippen LogP contribution in [0.4, 0.5) is 5.69 Å². The van der Waals surface area contributed by atoms with Gasteiger partial charge in [0.05, 0.1) is 22.7 Å². The molecule has 0 aliphatic rings. The van der Waals surface area contributed by atoms with Gasteiger partial charge in [-0.05, 0) is 24.3 Å². The van der Waals surface area contributed by atoms with E-state index in [-0.39, 0.29) is 17.0 Å². The van der Waals surface area contributed by atoms with Gasteiger partial charge in [0, 0.05) is 28.1 Å². The van der Waals surface area contributed by atoms with E-state index in [0.29, 0.717) is 11.4 Å². The zero-order valence-corrected chi connectivity index (χ0v) is 16.8. The SMILES string of the molecule is CC(C)(C)c1cc(C(=O)Nc2ccc3nc(-c4ccc5cn[nH]c5c4)[nH]c3c2)no1. The van der Waals surface area contributed by atoms with Gasteiger partial charge in [0.1, 0.15) is 11.6 Å². The molecule has 0 spiro atoms. The lowest BCUT2D eigenvalue weighted by molar-refractivity contribution is 0.101. The van der Waals surface area contributed by atoms with Gasteiger partial charge < -0.3 is 14.8 Å². The molecule has 0 bridgehead atoms. The van der Waals surface area contributed by atoms with Crippen molar-refractivity contribution in [2.45, 2.75) is 26.2 Å². The van der Waals surface area contributed by atoms with E-state index < -0.39 is 0 Å². The number of rotatable bonds is 3. The van der Waals surface area contributed by atoms with E-state index in [4.69, 9.17) is 4.52 Å². The number of imidazole rings is 1. The Hall–Kier alpha value is -3.94. The van der Waals surface area contributed by atoms with E-state index in [9.17, 15) is 4.79 Å². The summed E-state index contributed by atoms with van der Waals surface area (Å²) < 4.78 is 5.30. The molecule has 3 N–H and O–H groups in total. The molecule has 30 heavy (non-hydrogen) atoms. The van der Waals surface area contributed by atoms with Gasteiger partial charge in [0.15, 0.2) is 5.69 Å². The number of carbonyl (C=O) groups is 1. The minimum absolute atomic E-state index is 0.212. The van der Waals surface area contributed by atoms with Crippen molar-refractivity contribution in [1.82, 2.24) is 25.3 Å². The fraction of sp³-hybridized carbons (Fsp3) is 0.182. The number of aromatic nitrogens is 5. The number of nitrogens with one attached hydrogen (secondary N) is 3. The molecule has 5 aromatic rings. The zero-order chi connectivity index (χ0) is 20.9. The van der Waals surface area contributed by atoms with Crippen LogP contribution in [0.1, 0.15) is 37.0 Å². The van der Waals surface area contributed by atoms with Crippen LogP contribution < -0.4 is 5.32 Å². The van der Waals surface area contributed by atoms with Crippen LogP contribution in [0.3, 0.4) is 0 Å². The van der Waals surface area contributed by atoms with Gasteiger partial charge in [-0.15, -0.1) is 0 Å². The van der Waals surface area contributed by atoms with Crippen molar-refractivity contribution in [1.29, 1.82) is 0 Å². The van der Waals surface area contributed by atoms with Gasteiger partial charge >= 0.3 is 0 Å². The summed E-state index contributed by atoms with van der Waals surface area (Å²) in [5.74, 6) is 1.09. The predicted molar refractivity (Wildman–Crippen MR) is 114 cm³/mol. The summed E-state index contributed by atoms with van der Waals surface area (Å²) in [6.45, 7) is 6.01. The van der Waals surface area contributed by atoms with Crippen LogP contribution in [-0.2, 0) is 5.41 Å². The summed E-state index contributed by atoms with van der Waals surface area (Å²) in [6, 6.07) is 13.2. The fourth-order valence-corrected chi connectivity index (χ4v) is 3.24. The van der Waals surface area contributed by atoms with Crippen molar-refractivity contribution >= 4 is 33.5 Å². The minimum Gasteiger partial charge on any atom is -0.360 e. The molecule has 8 heteroatoms. The Morgan fingerprint density at radius 3 is 2.73 bits per heavy atom. The highest BCUT2D eigenvalue weighted by Gasteiger charge is 2.22. The lowest BCUT2D eigenvalue weighted by atomic mass is 9.93. The molecule has 0 aliphatic heterocycles. The first-order valence-electron chi connectivity index (χ1n) is 9.59. The topological polar surface area (TPSA) is 112 Å². The van der Waals surface area contributed by atoms with Crippen molar-refractivity contribution in [3.05, 3.63) is 60.1 Å². The van der Waals surface area contributed by atoms with Gasteiger partial charge in [0.25, 0.3) is 5.91 Å². The Morgan fingerprint density at radius 1 is 1.07 bits per heavy atom. The molecule has 8 nitrogen and oxygen atoms in total. The van der Waals surface area contributed by atoms with Crippen LogP contribution in [0.5, 0.6) is 0 Å². The highest BCUT2D eigenvalue weighted by Crippen LogP contribution is 2.26. The van der Waals surface area contributed by atoms with Crippen LogP contribution in [0.15, 0.2) is 53.2 Å². The molecule has 0 fully saturated rings. The van der Waals surface area contributed by atoms with Gasteiger partial charge in [-0.1, -0.05) is 38.1 Å². The number of fused-ring (bicyclic) bond motifs is 2. The standard InChI is InChI=1S/C22H20N6O2/c1-22(2,3)19-10-18(28-30-19)21(29)24-14-6-7-15-17(9-14)26-20(25-15)12-4-5-13-11-23-27-16(13)8-12/h4-11H,1-3H3,(H,23,27)(H,24,29)(H,25,26). The number of hydrogen-bond donors (Lipinski definition) is 3. The van der Waals surface area contributed by atoms with Crippen LogP contribution >= 0.6 is 0 Å². The Labute approximate surface area is 171 Å². The highest BCUT2D eigenvalue weighted by molar-refractivity contribution is 6.03. The van der Waals surface area contributed by atoms with Crippen LogP contribution in [0, 0.1) is 0 Å². The largest absolute Gasteiger partial charge is 0.360 e. The number of carbonyl (C=O) groups excluding carboxylic acids is 1. The van der Waals surface area contributed by atoms with E-state index in [0.717, 1.165) is 33.3 Å². The zero-order valence-electron chi connectivity index (χ0n) is 16.8. The van der Waals surface area contributed by atoms with Crippen LogP contribution in [0.2, 0.25) is 0 Å². The minimum atomic E-state index is -0.321. The molecule has 0 aliphatic carbocycles. The van der Waals surface area contributed by atoms with Crippen molar-refractivity contribution in [3.8, 4) is 11.4 Å². The molecule has 3 heterocycles. The number of hydrogen-bond acceptors (Lipinski definition) is 5. The first-order valence-corrected chi connectivity index (χ1v) is 9.59. The van der Waals surface area contributed by atoms with E-state index in [1.54, 1.807) is 12.3 Å². The highest BCUT2D eigenvalue weighted by atomic mass is 16.5. The van der Waals surface area contributed by atoms with Crippen LogP contribution in [-0.4, -0.2) is 31.2 Å². The van der Waals surface area contributed by atoms with Gasteiger partial charge in [-0.3, -0.25) is 9.89 Å². The first-order chi connectivity index (χ1) is 14.4. The number of benzene rings is 2. The number of aromatic amines is 2. The van der Waals surface area contributed by atoms with Crippen molar-refractivity contribution in [3.63, 3.8) is 0 Å². The summed E-state index contributed by atoms with van der Waals surface area (Å²) >= 11 is 0. The van der Waals surface area contributed by atoms with Crippen LogP contribution in [0.25, 0.3) is 33.3 Å². The normalized spacial score (nSPS) is 12.0. The fourth-order valence-electron chi connectivity index (χ4n) is 3.24. The first kappa shape index (κ1) is 18.1. The van der Waals surface area contributed by atoms with E-state index >= 15 is 0 Å². The molecule has 0 radical (unpaired) electrons. The van der Waals surface area contributed by atoms with Crippen molar-refractivity contribution in [2.75, 3.05) is 5.32 Å². The molecular formula is C22H20N6O2. The smallest absolute Gasteiger partial charge is 0.277 e. The molecular weight excluding hydrogens is 380 g/mol. The Balaban J connectivity index is 1.41. The Kier molecular flexibility index (Phi) is 3.95. The maximum atomic E-state index is 12.5. The summed E-state index contributed by atoms with van der Waals surface area (Å²) in [5, 5.41) is 14.8. The molecule has 3 aromatic heterocycles. The second kappa shape index (κ2) is 6.55. The number of H-pyrrole nitrogens is 2. The molecule has 0 saturated heterocycles. The molecule has 1 amide bonds. The summed E-state index contributed by atoms with van der Waals surface area (Å²) in [7, 11) is 0. The third kappa shape index (κ3) is 3.22. The predicted octanol–water partition coefficient (Wildman–Crippen LogP) is 4.64. The lowest BCUT2D eigenvalue weighted by Gasteiger charge is -2.12. The maximum absolute atomic E-state index is 12.5.